The summed E-state index contributed by atoms with van der Waals surface area (Å²) >= 11 is 3.46. The highest BCUT2D eigenvalue weighted by Crippen LogP contribution is 2.25. The molecule has 0 saturated carbocycles. The highest BCUT2D eigenvalue weighted by molar-refractivity contribution is 7.98. The number of aryl methyl sites for hydroxylation is 1. The molecule has 0 N–H and O–H groups in total. The van der Waals surface area contributed by atoms with E-state index in [1.807, 2.05) is 24.0 Å². The van der Waals surface area contributed by atoms with Crippen molar-refractivity contribution in [1.29, 1.82) is 0 Å². The fourth-order valence-corrected chi connectivity index (χ4v) is 5.56. The molecule has 1 amide bonds. The Balaban J connectivity index is 1.28. The standard InChI is InChI=1S/C21H27N3OS2/c1-16-22-18(14-26-16)15-27-20-6-4-17(5-7-20)21(25)24-12-8-19(9-13-24)23-10-2-3-11-23/h4-7,14,19H,2-3,8-13,15H2,1H3. The van der Waals surface area contributed by atoms with Crippen molar-refractivity contribution in [2.75, 3.05) is 26.2 Å². The van der Waals surface area contributed by atoms with Gasteiger partial charge >= 0.3 is 0 Å². The lowest BCUT2D eigenvalue weighted by Gasteiger charge is -2.36. The van der Waals surface area contributed by atoms with E-state index in [-0.39, 0.29) is 5.91 Å². The highest BCUT2D eigenvalue weighted by Gasteiger charge is 2.28. The van der Waals surface area contributed by atoms with E-state index >= 15 is 0 Å². The molecule has 1 aromatic carbocycles. The van der Waals surface area contributed by atoms with Crippen LogP contribution in [0.3, 0.4) is 0 Å². The third kappa shape index (κ3) is 4.73. The second-order valence-corrected chi connectivity index (χ2v) is 9.55. The molecule has 0 spiro atoms. The minimum atomic E-state index is 0.182. The van der Waals surface area contributed by atoms with Crippen molar-refractivity contribution >= 4 is 29.0 Å². The summed E-state index contributed by atoms with van der Waals surface area (Å²) in [5.74, 6) is 1.06. The van der Waals surface area contributed by atoms with Gasteiger partial charge in [-0.1, -0.05) is 0 Å². The lowest BCUT2D eigenvalue weighted by atomic mass is 10.0. The second-order valence-electron chi connectivity index (χ2n) is 7.44. The first-order chi connectivity index (χ1) is 13.2. The van der Waals surface area contributed by atoms with E-state index in [1.165, 1.54) is 30.8 Å². The van der Waals surface area contributed by atoms with Crippen LogP contribution in [0.25, 0.3) is 0 Å². The maximum Gasteiger partial charge on any atom is 0.253 e. The number of thioether (sulfide) groups is 1. The van der Waals surface area contributed by atoms with E-state index in [4.69, 9.17) is 0 Å². The fraction of sp³-hybridized carbons (Fsp3) is 0.524. The molecule has 0 aliphatic carbocycles. The molecule has 0 unspecified atom stereocenters. The molecule has 0 atom stereocenters. The zero-order chi connectivity index (χ0) is 18.6. The number of hydrogen-bond acceptors (Lipinski definition) is 5. The van der Waals surface area contributed by atoms with E-state index in [0.29, 0.717) is 6.04 Å². The van der Waals surface area contributed by atoms with Crippen LogP contribution in [-0.2, 0) is 5.75 Å². The third-order valence-corrected chi connectivity index (χ3v) is 7.43. The molecule has 144 valence electrons. The minimum absolute atomic E-state index is 0.182. The monoisotopic (exact) mass is 401 g/mol. The molecule has 4 nitrogen and oxygen atoms in total. The molecule has 2 saturated heterocycles. The molecule has 1 aromatic heterocycles. The SMILES string of the molecule is Cc1nc(CSc2ccc(C(=O)N3CCC(N4CCCC4)CC3)cc2)cs1. The van der Waals surface area contributed by atoms with Crippen molar-refractivity contribution in [3.63, 3.8) is 0 Å². The van der Waals surface area contributed by atoms with Gasteiger partial charge < -0.3 is 9.80 Å². The molecule has 2 aliphatic rings. The summed E-state index contributed by atoms with van der Waals surface area (Å²) < 4.78 is 0. The zero-order valence-electron chi connectivity index (χ0n) is 15.9. The van der Waals surface area contributed by atoms with Gasteiger partial charge in [-0.25, -0.2) is 4.98 Å². The van der Waals surface area contributed by atoms with Gasteiger partial charge in [-0.3, -0.25) is 4.79 Å². The van der Waals surface area contributed by atoms with Gasteiger partial charge in [-0.2, -0.15) is 0 Å². The number of likely N-dealkylation sites (tertiary alicyclic amines) is 2. The Kier molecular flexibility index (Phi) is 6.15. The Hall–Kier alpha value is -1.37. The number of carbonyl (C=O) groups excluding carboxylic acids is 1. The number of thiazole rings is 1. The topological polar surface area (TPSA) is 36.4 Å². The zero-order valence-corrected chi connectivity index (χ0v) is 17.5. The summed E-state index contributed by atoms with van der Waals surface area (Å²) in [4.78, 5) is 23.2. The van der Waals surface area contributed by atoms with E-state index in [1.54, 1.807) is 23.1 Å². The minimum Gasteiger partial charge on any atom is -0.339 e. The van der Waals surface area contributed by atoms with Crippen LogP contribution in [-0.4, -0.2) is 52.9 Å². The average Bonchev–Trinajstić information content (AvgIpc) is 3.38. The van der Waals surface area contributed by atoms with Crippen molar-refractivity contribution in [2.45, 2.75) is 49.3 Å². The number of rotatable bonds is 5. The van der Waals surface area contributed by atoms with Gasteiger partial charge in [-0.05, 0) is 70.0 Å². The van der Waals surface area contributed by atoms with Crippen LogP contribution in [0, 0.1) is 6.92 Å². The molecule has 4 rings (SSSR count). The molecule has 6 heteroatoms. The largest absolute Gasteiger partial charge is 0.339 e. The normalized spacial score (nSPS) is 18.9. The summed E-state index contributed by atoms with van der Waals surface area (Å²) in [6.07, 6.45) is 4.91. The van der Waals surface area contributed by atoms with Gasteiger partial charge in [0.2, 0.25) is 0 Å². The Morgan fingerprint density at radius 2 is 1.85 bits per heavy atom. The van der Waals surface area contributed by atoms with E-state index in [9.17, 15) is 4.79 Å². The van der Waals surface area contributed by atoms with E-state index in [0.717, 1.165) is 47.9 Å². The maximum atomic E-state index is 12.8. The Morgan fingerprint density at radius 3 is 2.48 bits per heavy atom. The smallest absolute Gasteiger partial charge is 0.253 e. The summed E-state index contributed by atoms with van der Waals surface area (Å²) in [6.45, 7) is 6.31. The molecular formula is C21H27N3OS2. The summed E-state index contributed by atoms with van der Waals surface area (Å²) in [6, 6.07) is 8.76. The van der Waals surface area contributed by atoms with Gasteiger partial charge in [0.05, 0.1) is 10.7 Å². The number of benzene rings is 1. The van der Waals surface area contributed by atoms with Gasteiger partial charge in [0.25, 0.3) is 5.91 Å². The van der Waals surface area contributed by atoms with Crippen LogP contribution in [0.4, 0.5) is 0 Å². The van der Waals surface area contributed by atoms with Gasteiger partial charge in [-0.15, -0.1) is 23.1 Å². The molecule has 0 bridgehead atoms. The number of carbonyl (C=O) groups is 1. The van der Waals surface area contributed by atoms with Crippen LogP contribution in [0.2, 0.25) is 0 Å². The van der Waals surface area contributed by atoms with Crippen LogP contribution in [0.15, 0.2) is 34.5 Å². The van der Waals surface area contributed by atoms with E-state index in [2.05, 4.69) is 27.4 Å². The Labute approximate surface area is 170 Å². The molecule has 2 aliphatic heterocycles. The quantitative estimate of drug-likeness (QED) is 0.694. The first kappa shape index (κ1) is 19.0. The molecule has 2 fully saturated rings. The highest BCUT2D eigenvalue weighted by atomic mass is 32.2. The number of aromatic nitrogens is 1. The van der Waals surface area contributed by atoms with Crippen LogP contribution in [0.1, 0.15) is 46.7 Å². The molecule has 27 heavy (non-hydrogen) atoms. The van der Waals surface area contributed by atoms with Crippen LogP contribution in [0.5, 0.6) is 0 Å². The predicted octanol–water partition coefficient (Wildman–Crippen LogP) is 4.44. The first-order valence-corrected chi connectivity index (χ1v) is 11.7. The van der Waals surface area contributed by atoms with Gasteiger partial charge in [0.1, 0.15) is 0 Å². The van der Waals surface area contributed by atoms with Crippen molar-refractivity contribution in [2.24, 2.45) is 0 Å². The maximum absolute atomic E-state index is 12.8. The lowest BCUT2D eigenvalue weighted by molar-refractivity contribution is 0.0644. The molecule has 2 aromatic rings. The Morgan fingerprint density at radius 1 is 1.15 bits per heavy atom. The van der Waals surface area contributed by atoms with Crippen molar-refractivity contribution < 1.29 is 4.79 Å². The van der Waals surface area contributed by atoms with Gasteiger partial charge in [0.15, 0.2) is 0 Å². The molecule has 3 heterocycles. The number of amides is 1. The van der Waals surface area contributed by atoms with Gasteiger partial charge in [0, 0.05) is 40.7 Å². The Bertz CT molecular complexity index is 760. The average molecular weight is 402 g/mol. The third-order valence-electron chi connectivity index (χ3n) is 5.56. The first-order valence-electron chi connectivity index (χ1n) is 9.86. The van der Waals surface area contributed by atoms with Crippen molar-refractivity contribution in [3.8, 4) is 0 Å². The fourth-order valence-electron chi connectivity index (χ4n) is 4.05. The molecule has 0 radical (unpaired) electrons. The summed E-state index contributed by atoms with van der Waals surface area (Å²) in [5.41, 5.74) is 1.94. The van der Waals surface area contributed by atoms with Crippen molar-refractivity contribution in [1.82, 2.24) is 14.8 Å². The summed E-state index contributed by atoms with van der Waals surface area (Å²) in [5, 5.41) is 3.23. The van der Waals surface area contributed by atoms with E-state index < -0.39 is 0 Å². The predicted molar refractivity (Wildman–Crippen MR) is 113 cm³/mol. The number of hydrogen-bond donors (Lipinski definition) is 0. The summed E-state index contributed by atoms with van der Waals surface area (Å²) in [7, 11) is 0. The van der Waals surface area contributed by atoms with Crippen LogP contribution < -0.4 is 0 Å². The number of piperidine rings is 1. The molecular weight excluding hydrogens is 374 g/mol. The lowest BCUT2D eigenvalue weighted by Crippen LogP contribution is -2.45. The van der Waals surface area contributed by atoms with Crippen LogP contribution >= 0.6 is 23.1 Å². The van der Waals surface area contributed by atoms with Crippen molar-refractivity contribution in [3.05, 3.63) is 45.9 Å². The second kappa shape index (κ2) is 8.76. The number of nitrogens with zero attached hydrogens (tertiary/aromatic N) is 3.